The second-order valence-corrected chi connectivity index (χ2v) is 13.0. The van der Waals surface area contributed by atoms with Gasteiger partial charge in [0.05, 0.1) is 11.0 Å². The average molecular weight is 625 g/mol. The van der Waals surface area contributed by atoms with Gasteiger partial charge >= 0.3 is 0 Å². The van der Waals surface area contributed by atoms with Crippen molar-refractivity contribution in [1.82, 2.24) is 9.55 Å². The largest absolute Gasteiger partial charge is 0.293 e. The first-order valence-electron chi connectivity index (χ1n) is 17.1. The Morgan fingerprint density at radius 3 is 1.69 bits per heavy atom. The Balaban J connectivity index is 1.32. The van der Waals surface area contributed by atoms with Crippen LogP contribution in [0.1, 0.15) is 12.8 Å². The highest BCUT2D eigenvalue weighted by atomic mass is 15.1. The molecule has 9 aromatic rings. The van der Waals surface area contributed by atoms with Gasteiger partial charge in [0.25, 0.3) is 0 Å². The number of allylic oxidation sites excluding steroid dienone is 4. The van der Waals surface area contributed by atoms with Gasteiger partial charge in [0.2, 0.25) is 0 Å². The summed E-state index contributed by atoms with van der Waals surface area (Å²) in [6.07, 6.45) is 8.95. The van der Waals surface area contributed by atoms with E-state index in [1.54, 1.807) is 0 Å². The molecule has 0 aliphatic heterocycles. The molecule has 0 saturated heterocycles. The zero-order valence-electron chi connectivity index (χ0n) is 27.0. The SMILES string of the molecule is C1=CC(n2c(-c3ccc4c(-c5ccc6ccccc6c5)c5ccccc5c(-c5ccc6ccccc6c5)c4c3)nc3ccccc32)=CCC1. The Morgan fingerprint density at radius 2 is 1.02 bits per heavy atom. The van der Waals surface area contributed by atoms with E-state index in [-0.39, 0.29) is 0 Å². The van der Waals surface area contributed by atoms with E-state index < -0.39 is 0 Å². The van der Waals surface area contributed by atoms with Gasteiger partial charge in [-0.1, -0.05) is 133 Å². The van der Waals surface area contributed by atoms with Gasteiger partial charge in [0.15, 0.2) is 0 Å². The van der Waals surface area contributed by atoms with Gasteiger partial charge in [-0.15, -0.1) is 0 Å². The number of fused-ring (bicyclic) bond motifs is 5. The van der Waals surface area contributed by atoms with Crippen molar-refractivity contribution >= 4 is 59.8 Å². The van der Waals surface area contributed by atoms with Crippen LogP contribution in [0.5, 0.6) is 0 Å². The Hall–Kier alpha value is -6.25. The number of imidazole rings is 1. The van der Waals surface area contributed by atoms with Crippen molar-refractivity contribution in [2.24, 2.45) is 0 Å². The molecular formula is C47H32N2. The fourth-order valence-electron chi connectivity index (χ4n) is 7.88. The van der Waals surface area contributed by atoms with Crippen LogP contribution in [0, 0.1) is 0 Å². The summed E-state index contributed by atoms with van der Waals surface area (Å²) in [6.45, 7) is 0. The number of hydrogen-bond donors (Lipinski definition) is 0. The molecule has 0 unspecified atom stereocenters. The molecule has 2 nitrogen and oxygen atoms in total. The van der Waals surface area contributed by atoms with Crippen molar-refractivity contribution in [1.29, 1.82) is 0 Å². The summed E-state index contributed by atoms with van der Waals surface area (Å²) in [6, 6.07) is 55.5. The van der Waals surface area contributed by atoms with Gasteiger partial charge in [0.1, 0.15) is 5.82 Å². The van der Waals surface area contributed by atoms with Gasteiger partial charge in [0, 0.05) is 11.3 Å². The van der Waals surface area contributed by atoms with Crippen LogP contribution in [0.15, 0.2) is 170 Å². The molecule has 1 aromatic heterocycles. The lowest BCUT2D eigenvalue weighted by Gasteiger charge is -2.19. The van der Waals surface area contributed by atoms with Crippen LogP contribution in [0.3, 0.4) is 0 Å². The molecule has 0 fully saturated rings. The summed E-state index contributed by atoms with van der Waals surface area (Å²) in [4.78, 5) is 5.27. The summed E-state index contributed by atoms with van der Waals surface area (Å²) in [5, 5.41) is 9.94. The summed E-state index contributed by atoms with van der Waals surface area (Å²) in [7, 11) is 0. The van der Waals surface area contributed by atoms with Crippen molar-refractivity contribution in [3.05, 3.63) is 170 Å². The minimum atomic E-state index is 0.964. The highest BCUT2D eigenvalue weighted by Crippen LogP contribution is 2.46. The molecule has 0 spiro atoms. The third-order valence-corrected chi connectivity index (χ3v) is 10.2. The molecule has 1 aliphatic rings. The molecule has 0 saturated carbocycles. The lowest BCUT2D eigenvalue weighted by Crippen LogP contribution is -2.00. The van der Waals surface area contributed by atoms with Crippen LogP contribution in [-0.4, -0.2) is 9.55 Å². The zero-order chi connectivity index (χ0) is 32.3. The minimum absolute atomic E-state index is 0.964. The Bertz CT molecular complexity index is 2830. The molecule has 230 valence electrons. The summed E-state index contributed by atoms with van der Waals surface area (Å²) >= 11 is 0. The Kier molecular flexibility index (Phi) is 6.35. The number of rotatable bonds is 4. The van der Waals surface area contributed by atoms with E-state index in [2.05, 4.69) is 174 Å². The lowest BCUT2D eigenvalue weighted by atomic mass is 9.84. The molecular weight excluding hydrogens is 593 g/mol. The highest BCUT2D eigenvalue weighted by Gasteiger charge is 2.21. The Morgan fingerprint density at radius 1 is 0.449 bits per heavy atom. The maximum atomic E-state index is 5.27. The van der Waals surface area contributed by atoms with Crippen LogP contribution in [0.25, 0.3) is 93.5 Å². The van der Waals surface area contributed by atoms with Crippen molar-refractivity contribution in [2.75, 3.05) is 0 Å². The third kappa shape index (κ3) is 4.52. The standard InChI is InChI=1S/C47H32N2/c1-2-16-38(17-3-1)49-44-21-11-10-20-43(44)48-47(49)37-26-27-41-42(30-37)46(36-25-23-32-13-5-7-15-34(32)29-36)40-19-9-8-18-39(40)45(41)35-24-22-31-12-4-6-14-33(31)28-35/h2,4-30H,1,3H2. The fourth-order valence-corrected chi connectivity index (χ4v) is 7.88. The maximum absolute atomic E-state index is 5.27. The molecule has 2 heteroatoms. The molecule has 49 heavy (non-hydrogen) atoms. The van der Waals surface area contributed by atoms with E-state index in [1.165, 1.54) is 71.0 Å². The first-order chi connectivity index (χ1) is 24.3. The van der Waals surface area contributed by atoms with E-state index in [0.29, 0.717) is 0 Å². The van der Waals surface area contributed by atoms with E-state index in [9.17, 15) is 0 Å². The fraction of sp³-hybridized carbons (Fsp3) is 0.0426. The molecule has 10 rings (SSSR count). The lowest BCUT2D eigenvalue weighted by molar-refractivity contribution is 1.01. The van der Waals surface area contributed by atoms with Crippen molar-refractivity contribution in [3.63, 3.8) is 0 Å². The topological polar surface area (TPSA) is 17.8 Å². The van der Waals surface area contributed by atoms with Crippen LogP contribution in [0.4, 0.5) is 0 Å². The monoisotopic (exact) mass is 624 g/mol. The van der Waals surface area contributed by atoms with Gasteiger partial charge in [-0.2, -0.15) is 0 Å². The highest BCUT2D eigenvalue weighted by molar-refractivity contribution is 6.22. The molecule has 0 atom stereocenters. The van der Waals surface area contributed by atoms with Gasteiger partial charge in [-0.3, -0.25) is 4.57 Å². The molecule has 0 amide bonds. The van der Waals surface area contributed by atoms with Crippen molar-refractivity contribution in [2.45, 2.75) is 12.8 Å². The van der Waals surface area contributed by atoms with E-state index in [0.717, 1.165) is 35.3 Å². The normalized spacial score (nSPS) is 13.2. The van der Waals surface area contributed by atoms with Crippen molar-refractivity contribution < 1.29 is 0 Å². The molecule has 0 N–H and O–H groups in total. The number of aromatic nitrogens is 2. The second-order valence-electron chi connectivity index (χ2n) is 13.0. The molecule has 8 aromatic carbocycles. The van der Waals surface area contributed by atoms with Crippen LogP contribution >= 0.6 is 0 Å². The van der Waals surface area contributed by atoms with E-state index >= 15 is 0 Å². The van der Waals surface area contributed by atoms with Gasteiger partial charge < -0.3 is 0 Å². The molecule has 0 bridgehead atoms. The minimum Gasteiger partial charge on any atom is -0.293 e. The van der Waals surface area contributed by atoms with Crippen LogP contribution in [-0.2, 0) is 0 Å². The summed E-state index contributed by atoms with van der Waals surface area (Å²) in [5.41, 5.74) is 9.37. The van der Waals surface area contributed by atoms with E-state index in [4.69, 9.17) is 4.98 Å². The quantitative estimate of drug-likeness (QED) is 0.178. The number of para-hydroxylation sites is 2. The van der Waals surface area contributed by atoms with Gasteiger partial charge in [-0.25, -0.2) is 4.98 Å². The maximum Gasteiger partial charge on any atom is 0.145 e. The van der Waals surface area contributed by atoms with Crippen LogP contribution in [0.2, 0.25) is 0 Å². The average Bonchev–Trinajstić information content (AvgIpc) is 3.56. The van der Waals surface area contributed by atoms with E-state index in [1.807, 2.05) is 0 Å². The zero-order valence-corrected chi connectivity index (χ0v) is 27.0. The Labute approximate surface area is 284 Å². The molecule has 1 aliphatic carbocycles. The second kappa shape index (κ2) is 11.2. The number of nitrogens with zero attached hydrogens (tertiary/aromatic N) is 2. The first kappa shape index (κ1) is 27.8. The van der Waals surface area contributed by atoms with Gasteiger partial charge in [-0.05, 0) is 115 Å². The smallest absolute Gasteiger partial charge is 0.145 e. The first-order valence-corrected chi connectivity index (χ1v) is 17.1. The number of hydrogen-bond acceptors (Lipinski definition) is 1. The van der Waals surface area contributed by atoms with Crippen molar-refractivity contribution in [3.8, 4) is 33.6 Å². The van der Waals surface area contributed by atoms with Crippen LogP contribution < -0.4 is 0 Å². The summed E-state index contributed by atoms with van der Waals surface area (Å²) < 4.78 is 2.34. The predicted octanol–water partition coefficient (Wildman–Crippen LogP) is 12.8. The summed E-state index contributed by atoms with van der Waals surface area (Å²) in [5.74, 6) is 0.964. The molecule has 1 heterocycles. The molecule has 0 radical (unpaired) electrons. The predicted molar refractivity (Wildman–Crippen MR) is 209 cm³/mol. The number of benzene rings is 8. The third-order valence-electron chi connectivity index (χ3n) is 10.2.